The maximum Gasteiger partial charge on any atom is 0.0657 e. The molecule has 0 aromatic rings. The first-order valence-electron chi connectivity index (χ1n) is 2.31. The molecule has 0 aliphatic heterocycles. The fourth-order valence-electron chi connectivity index (χ4n) is 0.287. The van der Waals surface area contributed by atoms with E-state index in [2.05, 4.69) is 13.2 Å². The van der Waals surface area contributed by atoms with E-state index < -0.39 is 0 Å². The van der Waals surface area contributed by atoms with Gasteiger partial charge in [-0.2, -0.15) is 0 Å². The Morgan fingerprint density at radius 2 is 2.29 bits per heavy atom. The maximum absolute atomic E-state index is 5.20. The molecule has 0 aliphatic carbocycles. The van der Waals surface area contributed by atoms with E-state index in [9.17, 15) is 0 Å². The summed E-state index contributed by atoms with van der Waals surface area (Å²) >= 11 is 0. The van der Waals surface area contributed by atoms with Crippen molar-refractivity contribution in [3.05, 3.63) is 24.8 Å². The molecule has 2 radical (unpaired) electrons. The lowest BCUT2D eigenvalue weighted by atomic mass is 9.98. The summed E-state index contributed by atoms with van der Waals surface area (Å²) in [7, 11) is 5.20. The van der Waals surface area contributed by atoms with Gasteiger partial charge < -0.3 is 0 Å². The average Bonchev–Trinajstić information content (AvgIpc) is 1.68. The maximum atomic E-state index is 5.20. The summed E-state index contributed by atoms with van der Waals surface area (Å²) in [6, 6.07) is 0. The van der Waals surface area contributed by atoms with Crippen LogP contribution in [0.1, 0.15) is 6.42 Å². The Morgan fingerprint density at radius 1 is 1.71 bits per heavy atom. The van der Waals surface area contributed by atoms with Crippen molar-refractivity contribution in [3.63, 3.8) is 0 Å². The lowest BCUT2D eigenvalue weighted by Gasteiger charge is -1.89. The molecule has 0 heterocycles. The highest BCUT2D eigenvalue weighted by Gasteiger charge is 1.79. The zero-order valence-electron chi connectivity index (χ0n) is 4.48. The topological polar surface area (TPSA) is 0 Å². The molecule has 0 aliphatic rings. The third-order valence-corrected chi connectivity index (χ3v) is 0.754. The van der Waals surface area contributed by atoms with Gasteiger partial charge in [0.2, 0.25) is 0 Å². The van der Waals surface area contributed by atoms with E-state index in [0.717, 1.165) is 12.0 Å². The molecule has 0 amide bonds. The predicted octanol–water partition coefficient (Wildman–Crippen LogP) is 1.71. The molecular weight excluding hydrogens is 82.9 g/mol. The van der Waals surface area contributed by atoms with Gasteiger partial charge in [0.1, 0.15) is 0 Å². The average molecular weight is 91.9 g/mol. The van der Waals surface area contributed by atoms with Crippen molar-refractivity contribution in [1.29, 1.82) is 0 Å². The molecule has 0 rings (SSSR count). The molecule has 0 saturated heterocycles. The van der Waals surface area contributed by atoms with Crippen molar-refractivity contribution in [2.24, 2.45) is 0 Å². The van der Waals surface area contributed by atoms with E-state index in [1.165, 1.54) is 0 Å². The highest BCUT2D eigenvalue weighted by atomic mass is 13.8. The van der Waals surface area contributed by atoms with Crippen molar-refractivity contribution in [2.45, 2.75) is 12.7 Å². The standard InChI is InChI=1S/C6H9B/c1-3-6(2)4-5-7/h3H,1-2,4-5H2. The normalized spacial score (nSPS) is 8.00. The quantitative estimate of drug-likeness (QED) is 0.367. The van der Waals surface area contributed by atoms with Crippen molar-refractivity contribution in [3.8, 4) is 0 Å². The predicted molar refractivity (Wildman–Crippen MR) is 34.5 cm³/mol. The molecule has 0 spiro atoms. The molecule has 0 nitrogen and oxygen atoms in total. The first-order chi connectivity index (χ1) is 3.31. The Morgan fingerprint density at radius 3 is 2.43 bits per heavy atom. The SMILES string of the molecule is [B]CCC(=C)C=C. The molecule has 0 N–H and O–H groups in total. The van der Waals surface area contributed by atoms with Crippen LogP contribution in [0.15, 0.2) is 24.8 Å². The second-order valence-corrected chi connectivity index (χ2v) is 1.40. The van der Waals surface area contributed by atoms with Crippen LogP contribution in [-0.4, -0.2) is 7.85 Å². The van der Waals surface area contributed by atoms with Gasteiger partial charge in [-0.15, -0.1) is 0 Å². The lowest BCUT2D eigenvalue weighted by molar-refractivity contribution is 1.15. The third kappa shape index (κ3) is 3.37. The molecule has 36 valence electrons. The Kier molecular flexibility index (Phi) is 3.48. The van der Waals surface area contributed by atoms with Crippen LogP contribution in [0, 0.1) is 0 Å². The van der Waals surface area contributed by atoms with Crippen LogP contribution in [0.25, 0.3) is 0 Å². The van der Waals surface area contributed by atoms with Gasteiger partial charge in [-0.1, -0.05) is 31.1 Å². The summed E-state index contributed by atoms with van der Waals surface area (Å²) in [6.07, 6.45) is 3.27. The summed E-state index contributed by atoms with van der Waals surface area (Å²) in [5, 5.41) is 0. The Labute approximate surface area is 46.3 Å². The van der Waals surface area contributed by atoms with Gasteiger partial charge in [-0.25, -0.2) is 0 Å². The van der Waals surface area contributed by atoms with E-state index in [-0.39, 0.29) is 0 Å². The monoisotopic (exact) mass is 92.1 g/mol. The van der Waals surface area contributed by atoms with Gasteiger partial charge in [-0.05, 0) is 6.42 Å². The van der Waals surface area contributed by atoms with Crippen LogP contribution >= 0.6 is 0 Å². The molecule has 0 unspecified atom stereocenters. The Balaban J connectivity index is 3.17. The molecule has 0 aromatic heterocycles. The van der Waals surface area contributed by atoms with Crippen molar-refractivity contribution in [1.82, 2.24) is 0 Å². The van der Waals surface area contributed by atoms with Crippen LogP contribution < -0.4 is 0 Å². The van der Waals surface area contributed by atoms with Gasteiger partial charge in [0, 0.05) is 0 Å². The van der Waals surface area contributed by atoms with Crippen LogP contribution in [0.3, 0.4) is 0 Å². The van der Waals surface area contributed by atoms with Gasteiger partial charge in [0.25, 0.3) is 0 Å². The van der Waals surface area contributed by atoms with Crippen molar-refractivity contribution in [2.75, 3.05) is 0 Å². The van der Waals surface area contributed by atoms with Gasteiger partial charge in [0.05, 0.1) is 7.85 Å². The van der Waals surface area contributed by atoms with E-state index in [1.54, 1.807) is 6.08 Å². The number of hydrogen-bond acceptors (Lipinski definition) is 0. The van der Waals surface area contributed by atoms with Gasteiger partial charge >= 0.3 is 0 Å². The second kappa shape index (κ2) is 3.73. The minimum absolute atomic E-state index is 0.671. The number of hydrogen-bond donors (Lipinski definition) is 0. The summed E-state index contributed by atoms with van der Waals surface area (Å²) < 4.78 is 0. The zero-order valence-corrected chi connectivity index (χ0v) is 4.48. The first kappa shape index (κ1) is 6.54. The molecule has 0 saturated carbocycles. The summed E-state index contributed by atoms with van der Waals surface area (Å²) in [4.78, 5) is 0. The van der Waals surface area contributed by atoms with Crippen LogP contribution in [0.5, 0.6) is 0 Å². The largest absolute Gasteiger partial charge is 0.0988 e. The Hall–Kier alpha value is -0.455. The lowest BCUT2D eigenvalue weighted by Crippen LogP contribution is -1.72. The molecular formula is C6H9B. The van der Waals surface area contributed by atoms with E-state index in [0.29, 0.717) is 6.32 Å². The number of rotatable bonds is 3. The molecule has 0 fully saturated rings. The highest BCUT2D eigenvalue weighted by Crippen LogP contribution is 1.99. The summed E-state index contributed by atoms with van der Waals surface area (Å²) in [5.74, 6) is 0. The van der Waals surface area contributed by atoms with Crippen LogP contribution in [-0.2, 0) is 0 Å². The highest BCUT2D eigenvalue weighted by molar-refractivity contribution is 6.08. The summed E-state index contributed by atoms with van der Waals surface area (Å²) in [5.41, 5.74) is 1.02. The van der Waals surface area contributed by atoms with Gasteiger partial charge in [0.15, 0.2) is 0 Å². The molecule has 0 atom stereocenters. The van der Waals surface area contributed by atoms with Crippen LogP contribution in [0.2, 0.25) is 6.32 Å². The summed E-state index contributed by atoms with van der Waals surface area (Å²) in [6.45, 7) is 7.19. The van der Waals surface area contributed by atoms with E-state index in [1.807, 2.05) is 0 Å². The smallest absolute Gasteiger partial charge is 0.0657 e. The molecule has 0 aromatic carbocycles. The zero-order chi connectivity index (χ0) is 5.70. The van der Waals surface area contributed by atoms with Crippen molar-refractivity contribution < 1.29 is 0 Å². The second-order valence-electron chi connectivity index (χ2n) is 1.40. The molecule has 1 heteroatoms. The molecule has 0 bridgehead atoms. The third-order valence-electron chi connectivity index (χ3n) is 0.754. The first-order valence-corrected chi connectivity index (χ1v) is 2.31. The van der Waals surface area contributed by atoms with E-state index >= 15 is 0 Å². The minimum Gasteiger partial charge on any atom is -0.0988 e. The van der Waals surface area contributed by atoms with Crippen molar-refractivity contribution >= 4 is 7.85 Å². The number of allylic oxidation sites excluding steroid dienone is 2. The Bertz CT molecular complexity index is 74.2. The van der Waals surface area contributed by atoms with Crippen LogP contribution in [0.4, 0.5) is 0 Å². The van der Waals surface area contributed by atoms with E-state index in [4.69, 9.17) is 7.85 Å². The fourth-order valence-corrected chi connectivity index (χ4v) is 0.287. The molecule has 7 heavy (non-hydrogen) atoms. The minimum atomic E-state index is 0.671. The fraction of sp³-hybridized carbons (Fsp3) is 0.333. The van der Waals surface area contributed by atoms with Gasteiger partial charge in [-0.3, -0.25) is 0 Å².